The van der Waals surface area contributed by atoms with Gasteiger partial charge in [0, 0.05) is 25.4 Å². The van der Waals surface area contributed by atoms with Gasteiger partial charge in [0.15, 0.2) is 5.82 Å². The highest BCUT2D eigenvalue weighted by Crippen LogP contribution is 2.39. The van der Waals surface area contributed by atoms with Crippen LogP contribution in [0.4, 0.5) is 10.6 Å². The molecule has 8 nitrogen and oxygen atoms in total. The Kier molecular flexibility index (Phi) is 5.23. The number of likely N-dealkylation sites (tertiary alicyclic amines) is 1. The fourth-order valence-corrected chi connectivity index (χ4v) is 4.66. The van der Waals surface area contributed by atoms with Crippen LogP contribution in [-0.2, 0) is 14.3 Å². The van der Waals surface area contributed by atoms with E-state index in [1.807, 2.05) is 13.0 Å². The summed E-state index contributed by atoms with van der Waals surface area (Å²) in [7, 11) is 1.52. The van der Waals surface area contributed by atoms with E-state index in [0.717, 1.165) is 44.2 Å². The molecule has 4 rings (SSSR count). The first-order valence-electron chi connectivity index (χ1n) is 10.2. The van der Waals surface area contributed by atoms with Gasteiger partial charge in [0.25, 0.3) is 0 Å². The summed E-state index contributed by atoms with van der Waals surface area (Å²) in [5.74, 6) is 1.11. The minimum Gasteiger partial charge on any atom is -0.441 e. The van der Waals surface area contributed by atoms with Crippen LogP contribution in [0.2, 0.25) is 0 Å². The number of amides is 2. The number of hydrogen-bond donors (Lipinski definition) is 0. The Morgan fingerprint density at radius 2 is 2.07 bits per heavy atom. The first-order chi connectivity index (χ1) is 13.5. The molecule has 28 heavy (non-hydrogen) atoms. The van der Waals surface area contributed by atoms with Crippen LogP contribution in [0.25, 0.3) is 0 Å². The van der Waals surface area contributed by atoms with E-state index in [4.69, 9.17) is 14.5 Å². The van der Waals surface area contributed by atoms with Crippen LogP contribution in [0.15, 0.2) is 6.07 Å². The SMILES string of the molecule is COCC(=O)N1CCC[C@@H]1c1nc(C)cc(N2CC3(CCCCC3)OC2=O)n1. The first-order valence-corrected chi connectivity index (χ1v) is 10.2. The molecule has 3 fully saturated rings. The summed E-state index contributed by atoms with van der Waals surface area (Å²) in [5, 5.41) is 0. The highest BCUT2D eigenvalue weighted by Gasteiger charge is 2.47. The number of anilines is 1. The van der Waals surface area contributed by atoms with Crippen molar-refractivity contribution in [1.82, 2.24) is 14.9 Å². The minimum absolute atomic E-state index is 0.0517. The lowest BCUT2D eigenvalue weighted by molar-refractivity contribution is -0.136. The molecule has 1 aromatic heterocycles. The molecule has 2 amide bonds. The monoisotopic (exact) mass is 388 g/mol. The van der Waals surface area contributed by atoms with Crippen LogP contribution in [0.3, 0.4) is 0 Å². The van der Waals surface area contributed by atoms with Gasteiger partial charge >= 0.3 is 6.09 Å². The lowest BCUT2D eigenvalue weighted by atomic mass is 9.85. The zero-order valence-corrected chi connectivity index (χ0v) is 16.6. The van der Waals surface area contributed by atoms with E-state index < -0.39 is 0 Å². The molecule has 0 unspecified atom stereocenters. The van der Waals surface area contributed by atoms with E-state index in [1.165, 1.54) is 13.5 Å². The predicted molar refractivity (Wildman–Crippen MR) is 102 cm³/mol. The van der Waals surface area contributed by atoms with Gasteiger partial charge in [-0.2, -0.15) is 0 Å². The second kappa shape index (κ2) is 7.66. The average molecular weight is 388 g/mol. The Hall–Kier alpha value is -2.22. The molecule has 1 atom stereocenters. The van der Waals surface area contributed by atoms with Gasteiger partial charge in [-0.3, -0.25) is 9.69 Å². The van der Waals surface area contributed by atoms with E-state index in [-0.39, 0.29) is 30.3 Å². The fraction of sp³-hybridized carbons (Fsp3) is 0.700. The number of aromatic nitrogens is 2. The average Bonchev–Trinajstić information content (AvgIpc) is 3.27. The highest BCUT2D eigenvalue weighted by atomic mass is 16.6. The molecule has 3 aliphatic rings. The zero-order chi connectivity index (χ0) is 19.7. The Morgan fingerprint density at radius 3 is 2.82 bits per heavy atom. The van der Waals surface area contributed by atoms with Crippen LogP contribution in [0, 0.1) is 6.92 Å². The van der Waals surface area contributed by atoms with Crippen molar-refractivity contribution in [2.45, 2.75) is 63.5 Å². The number of methoxy groups -OCH3 is 1. The van der Waals surface area contributed by atoms with Crippen molar-refractivity contribution in [2.24, 2.45) is 0 Å². The van der Waals surface area contributed by atoms with E-state index in [0.29, 0.717) is 24.7 Å². The van der Waals surface area contributed by atoms with Crippen molar-refractivity contribution in [3.05, 3.63) is 17.6 Å². The topological polar surface area (TPSA) is 84.9 Å². The summed E-state index contributed by atoms with van der Waals surface area (Å²) in [6.07, 6.45) is 6.59. The zero-order valence-electron chi connectivity index (χ0n) is 16.6. The van der Waals surface area contributed by atoms with E-state index in [2.05, 4.69) is 4.98 Å². The second-order valence-electron chi connectivity index (χ2n) is 8.10. The van der Waals surface area contributed by atoms with Crippen LogP contribution in [-0.4, -0.2) is 59.3 Å². The normalized spacial score (nSPS) is 24.1. The van der Waals surface area contributed by atoms with Crippen molar-refractivity contribution in [1.29, 1.82) is 0 Å². The Morgan fingerprint density at radius 1 is 1.29 bits per heavy atom. The first kappa shape index (κ1) is 19.1. The number of carbonyl (C=O) groups is 2. The van der Waals surface area contributed by atoms with Gasteiger partial charge in [0.1, 0.15) is 18.0 Å². The molecule has 152 valence electrons. The van der Waals surface area contributed by atoms with Crippen LogP contribution in [0.5, 0.6) is 0 Å². The third-order valence-corrected chi connectivity index (χ3v) is 6.01. The number of hydrogen-bond acceptors (Lipinski definition) is 6. The van der Waals surface area contributed by atoms with Crippen LogP contribution < -0.4 is 4.90 Å². The van der Waals surface area contributed by atoms with Gasteiger partial charge in [0.2, 0.25) is 5.91 Å². The Balaban J connectivity index is 1.59. The molecule has 8 heteroatoms. The quantitative estimate of drug-likeness (QED) is 0.788. The molecule has 1 spiro atoms. The number of ether oxygens (including phenoxy) is 2. The smallest absolute Gasteiger partial charge is 0.416 e. The number of carbonyl (C=O) groups excluding carboxylic acids is 2. The van der Waals surface area contributed by atoms with E-state index >= 15 is 0 Å². The van der Waals surface area contributed by atoms with Gasteiger partial charge in [-0.25, -0.2) is 14.8 Å². The third kappa shape index (κ3) is 3.57. The molecule has 1 saturated carbocycles. The fourth-order valence-electron chi connectivity index (χ4n) is 4.66. The van der Waals surface area contributed by atoms with Gasteiger partial charge in [-0.15, -0.1) is 0 Å². The maximum atomic E-state index is 12.6. The van der Waals surface area contributed by atoms with Crippen molar-refractivity contribution >= 4 is 17.8 Å². The maximum absolute atomic E-state index is 12.6. The molecule has 3 heterocycles. The van der Waals surface area contributed by atoms with Gasteiger partial charge in [-0.05, 0) is 45.4 Å². The molecule has 2 aliphatic heterocycles. The highest BCUT2D eigenvalue weighted by molar-refractivity contribution is 5.89. The summed E-state index contributed by atoms with van der Waals surface area (Å²) in [6, 6.07) is 1.65. The Bertz CT molecular complexity index is 763. The van der Waals surface area contributed by atoms with E-state index in [1.54, 1.807) is 9.80 Å². The van der Waals surface area contributed by atoms with Gasteiger partial charge in [-0.1, -0.05) is 6.42 Å². The lowest BCUT2D eigenvalue weighted by Crippen LogP contribution is -2.37. The molecular formula is C20H28N4O4. The molecule has 0 aromatic carbocycles. The molecule has 1 aliphatic carbocycles. The summed E-state index contributed by atoms with van der Waals surface area (Å²) in [6.45, 7) is 3.16. The third-order valence-electron chi connectivity index (χ3n) is 6.01. The second-order valence-corrected chi connectivity index (χ2v) is 8.10. The summed E-state index contributed by atoms with van der Waals surface area (Å²) in [4.78, 5) is 37.7. The Labute approximate surface area is 165 Å². The predicted octanol–water partition coefficient (Wildman–Crippen LogP) is 2.75. The van der Waals surface area contributed by atoms with Crippen molar-refractivity contribution in [2.75, 3.05) is 31.7 Å². The van der Waals surface area contributed by atoms with E-state index in [9.17, 15) is 9.59 Å². The maximum Gasteiger partial charge on any atom is 0.416 e. The van der Waals surface area contributed by atoms with Gasteiger partial charge in [0.05, 0.1) is 12.6 Å². The lowest BCUT2D eigenvalue weighted by Gasteiger charge is -2.30. The summed E-state index contributed by atoms with van der Waals surface area (Å²) < 4.78 is 10.8. The van der Waals surface area contributed by atoms with Gasteiger partial charge < -0.3 is 14.4 Å². The molecule has 2 saturated heterocycles. The minimum atomic E-state index is -0.373. The molecule has 1 aromatic rings. The molecule has 0 radical (unpaired) electrons. The number of nitrogens with zero attached hydrogens (tertiary/aromatic N) is 4. The van der Waals surface area contributed by atoms with Crippen molar-refractivity contribution in [3.8, 4) is 0 Å². The number of aryl methyl sites for hydroxylation is 1. The summed E-state index contributed by atoms with van der Waals surface area (Å²) in [5.41, 5.74) is 0.408. The van der Waals surface area contributed by atoms with Crippen molar-refractivity contribution in [3.63, 3.8) is 0 Å². The molecule has 0 N–H and O–H groups in total. The van der Waals surface area contributed by atoms with Crippen LogP contribution >= 0.6 is 0 Å². The molecular weight excluding hydrogens is 360 g/mol. The van der Waals surface area contributed by atoms with Crippen LogP contribution in [0.1, 0.15) is 62.5 Å². The largest absolute Gasteiger partial charge is 0.441 e. The summed E-state index contributed by atoms with van der Waals surface area (Å²) >= 11 is 0. The van der Waals surface area contributed by atoms with Crippen molar-refractivity contribution < 1.29 is 19.1 Å². The standard InChI is InChI=1S/C20H28N4O4/c1-14-11-16(24-13-20(28-19(24)26)8-4-3-5-9-20)22-18(21-14)15-7-6-10-23(15)17(25)12-27-2/h11,15H,3-10,12-13H2,1-2H3/t15-/m1/s1. The number of rotatable bonds is 4. The molecule has 0 bridgehead atoms.